The molecule has 0 aliphatic carbocycles. The number of aryl methyl sites for hydroxylation is 1. The number of rotatable bonds is 4. The normalized spacial score (nSPS) is 10.4. The fourth-order valence-electron chi connectivity index (χ4n) is 1.76. The van der Waals surface area contributed by atoms with Crippen LogP contribution in [0.25, 0.3) is 0 Å². The van der Waals surface area contributed by atoms with Crippen molar-refractivity contribution in [3.63, 3.8) is 0 Å². The molecule has 2 aromatic carbocycles. The molecule has 0 saturated heterocycles. The van der Waals surface area contributed by atoms with E-state index in [0.717, 1.165) is 23.5 Å². The van der Waals surface area contributed by atoms with E-state index in [1.165, 1.54) is 5.56 Å². The van der Waals surface area contributed by atoms with Gasteiger partial charge in [0.1, 0.15) is 11.5 Å². The van der Waals surface area contributed by atoms with Gasteiger partial charge in [-0.3, -0.25) is 0 Å². The van der Waals surface area contributed by atoms with Crippen molar-refractivity contribution in [2.24, 2.45) is 5.73 Å². The molecule has 0 unspecified atom stereocenters. The molecule has 2 aromatic rings. The first-order chi connectivity index (χ1) is 8.69. The Morgan fingerprint density at radius 3 is 2.56 bits per heavy atom. The number of nitrogens with two attached hydrogens (primary N) is 1. The Hall–Kier alpha value is -1.51. The zero-order chi connectivity index (χ0) is 13.0. The summed E-state index contributed by atoms with van der Waals surface area (Å²) in [6.07, 6.45) is 0.781. The van der Waals surface area contributed by atoms with Crippen molar-refractivity contribution in [2.45, 2.75) is 13.3 Å². The summed E-state index contributed by atoms with van der Waals surface area (Å²) in [6.45, 7) is 2.63. The smallest absolute Gasteiger partial charge is 0.128 e. The van der Waals surface area contributed by atoms with Gasteiger partial charge in [-0.1, -0.05) is 29.8 Å². The highest BCUT2D eigenvalue weighted by molar-refractivity contribution is 6.31. The molecule has 0 bridgehead atoms. The highest BCUT2D eigenvalue weighted by Crippen LogP contribution is 2.27. The van der Waals surface area contributed by atoms with Crippen LogP contribution in [0.4, 0.5) is 0 Å². The third-order valence-electron chi connectivity index (χ3n) is 2.66. The average molecular weight is 262 g/mol. The zero-order valence-corrected chi connectivity index (χ0v) is 11.1. The molecular formula is C15H16ClNO. The highest BCUT2D eigenvalue weighted by atomic mass is 35.5. The van der Waals surface area contributed by atoms with E-state index >= 15 is 0 Å². The monoisotopic (exact) mass is 261 g/mol. The summed E-state index contributed by atoms with van der Waals surface area (Å²) in [4.78, 5) is 0. The summed E-state index contributed by atoms with van der Waals surface area (Å²) < 4.78 is 5.76. The summed E-state index contributed by atoms with van der Waals surface area (Å²) in [5.74, 6) is 1.56. The molecule has 2 nitrogen and oxygen atoms in total. The second-order valence-corrected chi connectivity index (χ2v) is 4.62. The van der Waals surface area contributed by atoms with Crippen molar-refractivity contribution in [3.05, 3.63) is 58.6 Å². The molecule has 0 heterocycles. The van der Waals surface area contributed by atoms with E-state index in [-0.39, 0.29) is 0 Å². The minimum Gasteiger partial charge on any atom is -0.457 e. The molecule has 0 aliphatic rings. The van der Waals surface area contributed by atoms with E-state index in [4.69, 9.17) is 22.1 Å². The van der Waals surface area contributed by atoms with E-state index in [9.17, 15) is 0 Å². The van der Waals surface area contributed by atoms with Crippen molar-refractivity contribution in [3.8, 4) is 11.5 Å². The first kappa shape index (κ1) is 12.9. The summed E-state index contributed by atoms with van der Waals surface area (Å²) in [5, 5.41) is 0.700. The summed E-state index contributed by atoms with van der Waals surface area (Å²) >= 11 is 6.17. The van der Waals surface area contributed by atoms with Crippen LogP contribution < -0.4 is 10.5 Å². The molecular weight excluding hydrogens is 246 g/mol. The quantitative estimate of drug-likeness (QED) is 0.905. The molecule has 2 rings (SSSR count). The molecule has 0 radical (unpaired) electrons. The van der Waals surface area contributed by atoms with Crippen molar-refractivity contribution in [2.75, 3.05) is 6.54 Å². The van der Waals surface area contributed by atoms with Crippen LogP contribution in [0.1, 0.15) is 11.1 Å². The van der Waals surface area contributed by atoms with Crippen LogP contribution in [0.15, 0.2) is 42.5 Å². The molecule has 0 spiro atoms. The standard InChI is InChI=1S/C15H16ClNO/c1-11-3-2-4-13(9-11)18-14-6-5-12(7-8-17)15(16)10-14/h2-6,9-10H,7-8,17H2,1H3. The lowest BCUT2D eigenvalue weighted by Gasteiger charge is -2.09. The number of hydrogen-bond acceptors (Lipinski definition) is 2. The van der Waals surface area contributed by atoms with Crippen LogP contribution in [0.3, 0.4) is 0 Å². The SMILES string of the molecule is Cc1cccc(Oc2ccc(CCN)c(Cl)c2)c1. The lowest BCUT2D eigenvalue weighted by molar-refractivity contribution is 0.482. The summed E-state index contributed by atoms with van der Waals surface area (Å²) in [7, 11) is 0. The second-order valence-electron chi connectivity index (χ2n) is 4.21. The van der Waals surface area contributed by atoms with E-state index in [0.29, 0.717) is 11.6 Å². The maximum absolute atomic E-state index is 6.17. The molecule has 0 fully saturated rings. The van der Waals surface area contributed by atoms with Gasteiger partial charge in [0.25, 0.3) is 0 Å². The third kappa shape index (κ3) is 3.25. The van der Waals surface area contributed by atoms with Gasteiger partial charge in [-0.25, -0.2) is 0 Å². The molecule has 0 amide bonds. The van der Waals surface area contributed by atoms with Crippen LogP contribution >= 0.6 is 11.6 Å². The Balaban J connectivity index is 2.17. The highest BCUT2D eigenvalue weighted by Gasteiger charge is 2.03. The van der Waals surface area contributed by atoms with Crippen LogP contribution in [0.5, 0.6) is 11.5 Å². The van der Waals surface area contributed by atoms with Gasteiger partial charge in [-0.15, -0.1) is 0 Å². The zero-order valence-electron chi connectivity index (χ0n) is 10.3. The molecule has 0 atom stereocenters. The van der Waals surface area contributed by atoms with Crippen molar-refractivity contribution in [1.29, 1.82) is 0 Å². The third-order valence-corrected chi connectivity index (χ3v) is 3.02. The number of hydrogen-bond donors (Lipinski definition) is 1. The molecule has 2 N–H and O–H groups in total. The van der Waals surface area contributed by atoms with E-state index in [1.54, 1.807) is 0 Å². The Labute approximate surface area is 112 Å². The molecule has 0 aromatic heterocycles. The van der Waals surface area contributed by atoms with E-state index < -0.39 is 0 Å². The fraction of sp³-hybridized carbons (Fsp3) is 0.200. The van der Waals surface area contributed by atoms with Crippen LogP contribution in [-0.2, 0) is 6.42 Å². The Morgan fingerprint density at radius 1 is 1.11 bits per heavy atom. The molecule has 3 heteroatoms. The first-order valence-electron chi connectivity index (χ1n) is 5.92. The Morgan fingerprint density at radius 2 is 1.89 bits per heavy atom. The maximum Gasteiger partial charge on any atom is 0.128 e. The fourth-order valence-corrected chi connectivity index (χ4v) is 2.03. The molecule has 0 saturated carbocycles. The molecule has 18 heavy (non-hydrogen) atoms. The van der Waals surface area contributed by atoms with Crippen LogP contribution in [0.2, 0.25) is 5.02 Å². The van der Waals surface area contributed by atoms with E-state index in [2.05, 4.69) is 0 Å². The Bertz CT molecular complexity index is 540. The van der Waals surface area contributed by atoms with Gasteiger partial charge in [0.2, 0.25) is 0 Å². The number of halogens is 1. The number of benzene rings is 2. The van der Waals surface area contributed by atoms with Gasteiger partial charge >= 0.3 is 0 Å². The lowest BCUT2D eigenvalue weighted by atomic mass is 10.1. The largest absolute Gasteiger partial charge is 0.457 e. The predicted octanol–water partition coefficient (Wildman–Crippen LogP) is 3.94. The van der Waals surface area contributed by atoms with Crippen molar-refractivity contribution < 1.29 is 4.74 Å². The first-order valence-corrected chi connectivity index (χ1v) is 6.30. The minimum atomic E-state index is 0.595. The lowest BCUT2D eigenvalue weighted by Crippen LogP contribution is -2.03. The van der Waals surface area contributed by atoms with E-state index in [1.807, 2.05) is 49.4 Å². The maximum atomic E-state index is 6.17. The molecule has 0 aliphatic heterocycles. The average Bonchev–Trinajstić information content (AvgIpc) is 2.33. The molecule has 94 valence electrons. The predicted molar refractivity (Wildman–Crippen MR) is 75.5 cm³/mol. The van der Waals surface area contributed by atoms with Gasteiger partial charge in [0.15, 0.2) is 0 Å². The van der Waals surface area contributed by atoms with Crippen molar-refractivity contribution in [1.82, 2.24) is 0 Å². The van der Waals surface area contributed by atoms with Crippen molar-refractivity contribution >= 4 is 11.6 Å². The van der Waals surface area contributed by atoms with Gasteiger partial charge in [0.05, 0.1) is 0 Å². The Kier molecular flexibility index (Phi) is 4.24. The second kappa shape index (κ2) is 5.89. The van der Waals surface area contributed by atoms with Gasteiger partial charge in [-0.05, 0) is 55.3 Å². The van der Waals surface area contributed by atoms with Crippen LogP contribution in [-0.4, -0.2) is 6.54 Å². The van der Waals surface area contributed by atoms with Gasteiger partial charge in [0, 0.05) is 5.02 Å². The van der Waals surface area contributed by atoms with Crippen LogP contribution in [0, 0.1) is 6.92 Å². The topological polar surface area (TPSA) is 35.2 Å². The van der Waals surface area contributed by atoms with Gasteiger partial charge < -0.3 is 10.5 Å². The summed E-state index contributed by atoms with van der Waals surface area (Å²) in [6, 6.07) is 13.6. The number of ether oxygens (including phenoxy) is 1. The summed E-state index contributed by atoms with van der Waals surface area (Å²) in [5.41, 5.74) is 7.73. The van der Waals surface area contributed by atoms with Gasteiger partial charge in [-0.2, -0.15) is 0 Å². The minimum absolute atomic E-state index is 0.595.